The number of ether oxygens (including phenoxy) is 1. The number of morpholine rings is 1. The first kappa shape index (κ1) is 13.5. The van der Waals surface area contributed by atoms with Crippen molar-refractivity contribution < 1.29 is 4.74 Å². The molecule has 2 aliphatic rings. The molecule has 1 aliphatic heterocycles. The number of thiophene rings is 1. The molecule has 1 aliphatic carbocycles. The Labute approximate surface area is 129 Å². The standard InChI is InChI=1S/C16H21N3OS/c1-3-16(2)9-19(7-8-20-16)14-13-11-5-4-6-12(11)21-15(13)18-10-17-14/h10H,3-9H2,1-2H3. The summed E-state index contributed by atoms with van der Waals surface area (Å²) in [6.45, 7) is 7.02. The third-order valence-electron chi connectivity index (χ3n) is 4.87. The first-order valence-electron chi connectivity index (χ1n) is 7.84. The molecule has 21 heavy (non-hydrogen) atoms. The summed E-state index contributed by atoms with van der Waals surface area (Å²) in [5.41, 5.74) is 1.45. The van der Waals surface area contributed by atoms with Gasteiger partial charge in [-0.25, -0.2) is 9.97 Å². The van der Waals surface area contributed by atoms with E-state index in [1.807, 2.05) is 11.3 Å². The van der Waals surface area contributed by atoms with Gasteiger partial charge in [-0.15, -0.1) is 11.3 Å². The lowest BCUT2D eigenvalue weighted by molar-refractivity contribution is -0.0442. The van der Waals surface area contributed by atoms with Crippen molar-refractivity contribution in [2.75, 3.05) is 24.6 Å². The van der Waals surface area contributed by atoms with Gasteiger partial charge in [0.05, 0.1) is 17.6 Å². The summed E-state index contributed by atoms with van der Waals surface area (Å²) in [7, 11) is 0. The Balaban J connectivity index is 1.79. The molecule has 2 aromatic rings. The van der Waals surface area contributed by atoms with Gasteiger partial charge in [-0.2, -0.15) is 0 Å². The summed E-state index contributed by atoms with van der Waals surface area (Å²) in [5, 5.41) is 1.32. The van der Waals surface area contributed by atoms with Gasteiger partial charge in [0.2, 0.25) is 0 Å². The average molecular weight is 303 g/mol. The molecule has 0 saturated carbocycles. The fourth-order valence-corrected chi connectivity index (χ4v) is 4.70. The maximum atomic E-state index is 5.97. The molecule has 4 rings (SSSR count). The van der Waals surface area contributed by atoms with Gasteiger partial charge in [0, 0.05) is 18.0 Å². The number of nitrogens with zero attached hydrogens (tertiary/aromatic N) is 3. The van der Waals surface area contributed by atoms with Crippen LogP contribution in [0.4, 0.5) is 5.82 Å². The summed E-state index contributed by atoms with van der Waals surface area (Å²) in [6.07, 6.45) is 6.43. The number of anilines is 1. The van der Waals surface area contributed by atoms with Crippen molar-refractivity contribution in [3.8, 4) is 0 Å². The van der Waals surface area contributed by atoms with E-state index in [4.69, 9.17) is 4.74 Å². The molecule has 1 fully saturated rings. The Morgan fingerprint density at radius 1 is 1.38 bits per heavy atom. The Morgan fingerprint density at radius 2 is 2.29 bits per heavy atom. The molecule has 1 unspecified atom stereocenters. The van der Waals surface area contributed by atoms with E-state index in [9.17, 15) is 0 Å². The molecule has 0 amide bonds. The van der Waals surface area contributed by atoms with E-state index in [2.05, 4.69) is 28.7 Å². The van der Waals surface area contributed by atoms with Crippen molar-refractivity contribution >= 4 is 27.4 Å². The molecular formula is C16H21N3OS. The third-order valence-corrected chi connectivity index (χ3v) is 6.07. The van der Waals surface area contributed by atoms with Crippen LogP contribution in [0, 0.1) is 0 Å². The van der Waals surface area contributed by atoms with E-state index in [1.54, 1.807) is 6.33 Å². The molecule has 0 spiro atoms. The monoisotopic (exact) mass is 303 g/mol. The van der Waals surface area contributed by atoms with Crippen LogP contribution in [0.25, 0.3) is 10.2 Å². The van der Waals surface area contributed by atoms with E-state index in [0.717, 1.165) is 36.8 Å². The maximum Gasteiger partial charge on any atom is 0.141 e. The first-order valence-corrected chi connectivity index (χ1v) is 8.66. The SMILES string of the molecule is CCC1(C)CN(c2ncnc3sc4c(c23)CCC4)CCO1. The fraction of sp³-hybridized carbons (Fsp3) is 0.625. The zero-order chi connectivity index (χ0) is 14.4. The minimum Gasteiger partial charge on any atom is -0.372 e. The molecule has 5 heteroatoms. The molecular weight excluding hydrogens is 282 g/mol. The average Bonchev–Trinajstić information content (AvgIpc) is 3.07. The molecule has 1 saturated heterocycles. The Hall–Kier alpha value is -1.20. The quantitative estimate of drug-likeness (QED) is 0.854. The van der Waals surface area contributed by atoms with Gasteiger partial charge in [-0.1, -0.05) is 6.92 Å². The van der Waals surface area contributed by atoms with E-state index < -0.39 is 0 Å². The number of aryl methyl sites for hydroxylation is 2. The van der Waals surface area contributed by atoms with Gasteiger partial charge in [0.25, 0.3) is 0 Å². The lowest BCUT2D eigenvalue weighted by Gasteiger charge is -2.40. The van der Waals surface area contributed by atoms with Crippen LogP contribution in [0.2, 0.25) is 0 Å². The summed E-state index contributed by atoms with van der Waals surface area (Å²) in [6, 6.07) is 0. The molecule has 0 N–H and O–H groups in total. The van der Waals surface area contributed by atoms with Crippen molar-refractivity contribution in [2.24, 2.45) is 0 Å². The van der Waals surface area contributed by atoms with Crippen molar-refractivity contribution in [3.63, 3.8) is 0 Å². The van der Waals surface area contributed by atoms with Crippen molar-refractivity contribution in [1.29, 1.82) is 0 Å². The predicted molar refractivity (Wildman–Crippen MR) is 86.3 cm³/mol. The van der Waals surface area contributed by atoms with Crippen molar-refractivity contribution in [1.82, 2.24) is 9.97 Å². The normalized spacial score (nSPS) is 25.5. The topological polar surface area (TPSA) is 38.2 Å². The molecule has 1 atom stereocenters. The number of fused-ring (bicyclic) bond motifs is 3. The Kier molecular flexibility index (Phi) is 3.15. The number of hydrogen-bond acceptors (Lipinski definition) is 5. The largest absolute Gasteiger partial charge is 0.372 e. The summed E-state index contributed by atoms with van der Waals surface area (Å²) in [5.74, 6) is 1.13. The summed E-state index contributed by atoms with van der Waals surface area (Å²) >= 11 is 1.86. The highest BCUT2D eigenvalue weighted by molar-refractivity contribution is 7.19. The zero-order valence-electron chi connectivity index (χ0n) is 12.7. The number of aromatic nitrogens is 2. The maximum absolute atomic E-state index is 5.97. The Morgan fingerprint density at radius 3 is 3.14 bits per heavy atom. The molecule has 112 valence electrons. The molecule has 0 bridgehead atoms. The van der Waals surface area contributed by atoms with Crippen LogP contribution < -0.4 is 4.90 Å². The first-order chi connectivity index (χ1) is 10.2. The van der Waals surface area contributed by atoms with Gasteiger partial charge in [0.15, 0.2) is 0 Å². The van der Waals surface area contributed by atoms with Gasteiger partial charge in [0.1, 0.15) is 17.0 Å². The minimum atomic E-state index is -0.0608. The second-order valence-corrected chi connectivity index (χ2v) is 7.39. The number of hydrogen-bond donors (Lipinski definition) is 0. The lowest BCUT2D eigenvalue weighted by Crippen LogP contribution is -2.50. The predicted octanol–water partition coefficient (Wildman–Crippen LogP) is 3.19. The van der Waals surface area contributed by atoms with E-state index in [0.29, 0.717) is 0 Å². The van der Waals surface area contributed by atoms with Crippen molar-refractivity contribution in [3.05, 3.63) is 16.8 Å². The lowest BCUT2D eigenvalue weighted by atomic mass is 10.0. The van der Waals surface area contributed by atoms with Crippen LogP contribution in [-0.4, -0.2) is 35.3 Å². The van der Waals surface area contributed by atoms with Crippen LogP contribution in [0.15, 0.2) is 6.33 Å². The van der Waals surface area contributed by atoms with Crippen molar-refractivity contribution in [2.45, 2.75) is 45.1 Å². The van der Waals surface area contributed by atoms with Gasteiger partial charge in [-0.3, -0.25) is 0 Å². The smallest absolute Gasteiger partial charge is 0.141 e. The van der Waals surface area contributed by atoms with Crippen LogP contribution in [0.1, 0.15) is 37.1 Å². The second kappa shape index (κ2) is 4.92. The van der Waals surface area contributed by atoms with Crippen LogP contribution in [0.3, 0.4) is 0 Å². The molecule has 3 heterocycles. The third kappa shape index (κ3) is 2.14. The second-order valence-electron chi connectivity index (χ2n) is 6.31. The summed E-state index contributed by atoms with van der Waals surface area (Å²) in [4.78, 5) is 14.2. The Bertz CT molecular complexity index is 683. The highest BCUT2D eigenvalue weighted by Crippen LogP contribution is 2.40. The van der Waals surface area contributed by atoms with Crippen LogP contribution in [-0.2, 0) is 17.6 Å². The van der Waals surface area contributed by atoms with Gasteiger partial charge < -0.3 is 9.64 Å². The molecule has 4 nitrogen and oxygen atoms in total. The highest BCUT2D eigenvalue weighted by atomic mass is 32.1. The van der Waals surface area contributed by atoms with Crippen LogP contribution >= 0.6 is 11.3 Å². The number of rotatable bonds is 2. The molecule has 0 aromatic carbocycles. The highest BCUT2D eigenvalue weighted by Gasteiger charge is 2.32. The zero-order valence-corrected chi connectivity index (χ0v) is 13.5. The fourth-order valence-electron chi connectivity index (χ4n) is 3.48. The van der Waals surface area contributed by atoms with E-state index in [-0.39, 0.29) is 5.60 Å². The van der Waals surface area contributed by atoms with Crippen LogP contribution in [0.5, 0.6) is 0 Å². The van der Waals surface area contributed by atoms with Gasteiger partial charge >= 0.3 is 0 Å². The molecule has 2 aromatic heterocycles. The van der Waals surface area contributed by atoms with E-state index >= 15 is 0 Å². The van der Waals surface area contributed by atoms with E-state index in [1.165, 1.54) is 35.1 Å². The minimum absolute atomic E-state index is 0.0608. The summed E-state index contributed by atoms with van der Waals surface area (Å²) < 4.78 is 5.97. The molecule has 0 radical (unpaired) electrons. The van der Waals surface area contributed by atoms with Gasteiger partial charge in [-0.05, 0) is 38.2 Å².